The van der Waals surface area contributed by atoms with Crippen LogP contribution >= 0.6 is 0 Å². The fourth-order valence-corrected chi connectivity index (χ4v) is 5.08. The Morgan fingerprint density at radius 1 is 1.15 bits per heavy atom. The molecule has 0 saturated carbocycles. The predicted molar refractivity (Wildman–Crippen MR) is 155 cm³/mol. The Morgan fingerprint density at radius 2 is 2.00 bits per heavy atom. The van der Waals surface area contributed by atoms with Crippen LogP contribution in [0.5, 0.6) is 0 Å². The van der Waals surface area contributed by atoms with Crippen LogP contribution < -0.4 is 4.90 Å². The summed E-state index contributed by atoms with van der Waals surface area (Å²) in [6, 6.07) is 7.23. The number of aromatic nitrogens is 6. The number of nitrogens with one attached hydrogen (secondary N) is 2. The Hall–Kier alpha value is -4.66. The van der Waals surface area contributed by atoms with E-state index in [0.29, 0.717) is 28.6 Å². The van der Waals surface area contributed by atoms with E-state index < -0.39 is 0 Å². The number of allylic oxidation sites excluding steroid dienone is 3. The molecule has 1 saturated heterocycles. The smallest absolute Gasteiger partial charge is 0.159 e. The molecular weight excluding hydrogens is 491 g/mol. The zero-order valence-electron chi connectivity index (χ0n) is 21.9. The third-order valence-corrected chi connectivity index (χ3v) is 7.37. The van der Waals surface area contributed by atoms with Gasteiger partial charge >= 0.3 is 0 Å². The number of anilines is 1. The number of fused-ring (bicyclic) bond motifs is 2. The topological polar surface area (TPSA) is 98.7 Å². The maximum atomic E-state index is 14.8. The van der Waals surface area contributed by atoms with Gasteiger partial charge in [-0.25, -0.2) is 14.4 Å². The van der Waals surface area contributed by atoms with Crippen molar-refractivity contribution in [1.82, 2.24) is 30.1 Å². The highest BCUT2D eigenvalue weighted by Crippen LogP contribution is 2.34. The first-order valence-electron chi connectivity index (χ1n) is 13.0. The first-order valence-corrected chi connectivity index (χ1v) is 13.0. The van der Waals surface area contributed by atoms with Gasteiger partial charge in [-0.3, -0.25) is 15.1 Å². The molecule has 0 aliphatic carbocycles. The van der Waals surface area contributed by atoms with Crippen molar-refractivity contribution >= 4 is 40.0 Å². The number of nitrogens with zero attached hydrogens (tertiary/aromatic N) is 6. The summed E-state index contributed by atoms with van der Waals surface area (Å²) in [4.78, 5) is 23.2. The number of rotatable bonds is 6. The van der Waals surface area contributed by atoms with Crippen LogP contribution in [-0.2, 0) is 0 Å². The highest BCUT2D eigenvalue weighted by Gasteiger charge is 2.20. The molecular formula is C30H29FN8. The minimum absolute atomic E-state index is 0.270. The van der Waals surface area contributed by atoms with E-state index in [1.165, 1.54) is 0 Å². The van der Waals surface area contributed by atoms with Crippen LogP contribution in [0, 0.1) is 11.7 Å². The number of H-pyrrole nitrogens is 2. The Labute approximate surface area is 225 Å². The van der Waals surface area contributed by atoms with Gasteiger partial charge in [-0.2, -0.15) is 5.10 Å². The number of aliphatic imine (C=N–C) groups is 1. The van der Waals surface area contributed by atoms with Gasteiger partial charge in [0.2, 0.25) is 0 Å². The van der Waals surface area contributed by atoms with Crippen LogP contribution in [0.4, 0.5) is 10.1 Å². The molecule has 0 bridgehead atoms. The Kier molecular flexibility index (Phi) is 6.48. The van der Waals surface area contributed by atoms with Crippen molar-refractivity contribution in [1.29, 1.82) is 0 Å². The van der Waals surface area contributed by atoms with Crippen molar-refractivity contribution in [3.05, 3.63) is 72.6 Å². The fraction of sp³-hybridized carbons (Fsp3) is 0.233. The van der Waals surface area contributed by atoms with Crippen molar-refractivity contribution in [2.45, 2.75) is 26.7 Å². The number of aromatic amines is 2. The largest absolute Gasteiger partial charge is 0.371 e. The zero-order chi connectivity index (χ0) is 26.9. The maximum Gasteiger partial charge on any atom is 0.159 e. The second-order valence-electron chi connectivity index (χ2n) is 10.1. The van der Waals surface area contributed by atoms with Crippen LogP contribution in [-0.4, -0.2) is 49.9 Å². The predicted octanol–water partition coefficient (Wildman–Crippen LogP) is 6.56. The molecule has 1 fully saturated rings. The molecule has 1 aliphatic heterocycles. The molecule has 8 nitrogen and oxygen atoms in total. The molecule has 39 heavy (non-hydrogen) atoms. The first kappa shape index (κ1) is 24.7. The molecule has 2 N–H and O–H groups in total. The summed E-state index contributed by atoms with van der Waals surface area (Å²) in [6.45, 7) is 9.59. The van der Waals surface area contributed by atoms with Crippen LogP contribution in [0.25, 0.3) is 50.3 Å². The summed E-state index contributed by atoms with van der Waals surface area (Å²) in [5, 5.41) is 8.35. The molecule has 0 unspecified atom stereocenters. The monoisotopic (exact) mass is 520 g/mol. The number of imidazole rings is 1. The average molecular weight is 521 g/mol. The van der Waals surface area contributed by atoms with Crippen LogP contribution in [0.15, 0.2) is 66.2 Å². The van der Waals surface area contributed by atoms with E-state index in [0.717, 1.165) is 64.8 Å². The van der Waals surface area contributed by atoms with Crippen molar-refractivity contribution in [3.63, 3.8) is 0 Å². The van der Waals surface area contributed by atoms with Crippen LogP contribution in [0.3, 0.4) is 0 Å². The Morgan fingerprint density at radius 3 is 2.82 bits per heavy atom. The number of benzene rings is 1. The Bertz CT molecular complexity index is 1740. The molecule has 5 heterocycles. The molecule has 9 heteroatoms. The molecule has 0 radical (unpaired) electrons. The molecule has 4 aromatic heterocycles. The summed E-state index contributed by atoms with van der Waals surface area (Å²) >= 11 is 0. The van der Waals surface area contributed by atoms with Crippen molar-refractivity contribution in [2.24, 2.45) is 10.9 Å². The Balaban J connectivity index is 1.40. The van der Waals surface area contributed by atoms with Gasteiger partial charge in [0.25, 0.3) is 0 Å². The van der Waals surface area contributed by atoms with E-state index in [4.69, 9.17) is 4.98 Å². The van der Waals surface area contributed by atoms with E-state index in [1.54, 1.807) is 36.9 Å². The lowest BCUT2D eigenvalue weighted by Crippen LogP contribution is -2.32. The van der Waals surface area contributed by atoms with Crippen molar-refractivity contribution < 1.29 is 4.39 Å². The summed E-state index contributed by atoms with van der Waals surface area (Å²) in [7, 11) is 0. The highest BCUT2D eigenvalue weighted by atomic mass is 19.1. The summed E-state index contributed by atoms with van der Waals surface area (Å²) in [6.07, 6.45) is 12.9. The van der Waals surface area contributed by atoms with E-state index >= 15 is 0 Å². The van der Waals surface area contributed by atoms with E-state index in [-0.39, 0.29) is 5.82 Å². The minimum Gasteiger partial charge on any atom is -0.371 e. The van der Waals surface area contributed by atoms with Gasteiger partial charge in [-0.05, 0) is 79.4 Å². The SMILES string of the molecule is C=N/C=C\C=C(/C)c1cnc2[nH]nc(-c3nc4c(-c5cc(F)cc(N6CCC(C)CC6)c5)cncc4[nH]3)c2c1. The van der Waals surface area contributed by atoms with Crippen LogP contribution in [0.2, 0.25) is 0 Å². The van der Waals surface area contributed by atoms with Gasteiger partial charge in [0.05, 0.1) is 22.6 Å². The van der Waals surface area contributed by atoms with Gasteiger partial charge in [-0.15, -0.1) is 0 Å². The fourth-order valence-electron chi connectivity index (χ4n) is 5.08. The molecule has 196 valence electrons. The summed E-state index contributed by atoms with van der Waals surface area (Å²) in [5.41, 5.74) is 7.16. The summed E-state index contributed by atoms with van der Waals surface area (Å²) in [5.74, 6) is 1.02. The van der Waals surface area contributed by atoms with Crippen molar-refractivity contribution in [2.75, 3.05) is 18.0 Å². The van der Waals surface area contributed by atoms with Gasteiger partial charge < -0.3 is 9.88 Å². The molecule has 6 rings (SSSR count). The van der Waals surface area contributed by atoms with Crippen LogP contribution in [0.1, 0.15) is 32.3 Å². The third-order valence-electron chi connectivity index (χ3n) is 7.37. The zero-order valence-corrected chi connectivity index (χ0v) is 21.9. The third kappa shape index (κ3) is 4.83. The number of hydrogen-bond donors (Lipinski definition) is 2. The minimum atomic E-state index is -0.270. The quantitative estimate of drug-likeness (QED) is 0.195. The lowest BCUT2D eigenvalue weighted by atomic mass is 9.98. The number of hydrogen-bond acceptors (Lipinski definition) is 6. The summed E-state index contributed by atoms with van der Waals surface area (Å²) < 4.78 is 14.8. The standard InChI is InChI=1S/C30H29FN8/c1-18-6-9-39(10-7-18)23-12-20(11-22(31)14-23)25-16-33-17-26-27(25)36-30(35-26)28-24-13-21(15-34-29(24)38-37-28)19(2)5-4-8-32-3/h4-5,8,11-18H,3,6-7,9-10H2,1-2H3,(H,35,36)(H,34,37,38)/b8-4-,19-5+. The van der Waals surface area contributed by atoms with Crippen molar-refractivity contribution in [3.8, 4) is 22.6 Å². The molecule has 0 spiro atoms. The van der Waals surface area contributed by atoms with E-state index in [9.17, 15) is 4.39 Å². The molecule has 5 aromatic rings. The second-order valence-corrected chi connectivity index (χ2v) is 10.1. The number of piperidine rings is 1. The lowest BCUT2D eigenvalue weighted by Gasteiger charge is -2.32. The van der Waals surface area contributed by atoms with Gasteiger partial charge in [0.15, 0.2) is 11.5 Å². The first-order chi connectivity index (χ1) is 19.0. The molecule has 1 aromatic carbocycles. The molecule has 0 amide bonds. The highest BCUT2D eigenvalue weighted by molar-refractivity contribution is 5.96. The average Bonchev–Trinajstić information content (AvgIpc) is 3.57. The van der Waals surface area contributed by atoms with Gasteiger partial charge in [0.1, 0.15) is 11.5 Å². The lowest BCUT2D eigenvalue weighted by molar-refractivity contribution is 0.438. The molecule has 0 atom stereocenters. The van der Waals surface area contributed by atoms with Gasteiger partial charge in [-0.1, -0.05) is 13.0 Å². The second kappa shape index (κ2) is 10.2. The van der Waals surface area contributed by atoms with E-state index in [2.05, 4.69) is 48.7 Å². The van der Waals surface area contributed by atoms with Gasteiger partial charge in [0, 0.05) is 42.9 Å². The molecule has 1 aliphatic rings. The number of halogens is 1. The number of pyridine rings is 2. The normalized spacial score (nSPS) is 15.2. The maximum absolute atomic E-state index is 14.8. The van der Waals surface area contributed by atoms with E-state index in [1.807, 2.05) is 31.2 Å².